The maximum Gasteiger partial charge on any atom is 0.258 e. The Morgan fingerprint density at radius 3 is 3.00 bits per heavy atom. The quantitative estimate of drug-likeness (QED) is 0.697. The molecule has 8 heteroatoms. The monoisotopic (exact) mass is 288 g/mol. The third-order valence-electron chi connectivity index (χ3n) is 2.76. The van der Waals surface area contributed by atoms with Crippen molar-refractivity contribution in [2.45, 2.75) is 17.8 Å². The van der Waals surface area contributed by atoms with Crippen LogP contribution in [0.5, 0.6) is 0 Å². The Bertz CT molecular complexity index is 824. The van der Waals surface area contributed by atoms with Gasteiger partial charge in [0, 0.05) is 17.5 Å². The number of aromatic nitrogens is 5. The third-order valence-corrected chi connectivity index (χ3v) is 3.65. The maximum atomic E-state index is 12.1. The van der Waals surface area contributed by atoms with E-state index in [2.05, 4.69) is 20.2 Å². The fourth-order valence-corrected chi connectivity index (χ4v) is 2.60. The number of aromatic amines is 1. The van der Waals surface area contributed by atoms with Crippen LogP contribution in [-0.2, 0) is 5.75 Å². The van der Waals surface area contributed by atoms with Gasteiger partial charge in [-0.05, 0) is 19.1 Å². The van der Waals surface area contributed by atoms with Crippen LogP contribution < -0.4 is 11.3 Å². The van der Waals surface area contributed by atoms with E-state index in [-0.39, 0.29) is 11.5 Å². The summed E-state index contributed by atoms with van der Waals surface area (Å²) < 4.78 is 1.58. The van der Waals surface area contributed by atoms with E-state index in [1.165, 1.54) is 17.8 Å². The normalized spacial score (nSPS) is 11.1. The zero-order chi connectivity index (χ0) is 14.1. The van der Waals surface area contributed by atoms with Gasteiger partial charge < -0.3 is 5.73 Å². The van der Waals surface area contributed by atoms with E-state index in [9.17, 15) is 4.79 Å². The van der Waals surface area contributed by atoms with Gasteiger partial charge >= 0.3 is 0 Å². The van der Waals surface area contributed by atoms with Crippen molar-refractivity contribution in [3.8, 4) is 0 Å². The minimum absolute atomic E-state index is 0.0850. The van der Waals surface area contributed by atoms with Gasteiger partial charge in [-0.2, -0.15) is 4.98 Å². The van der Waals surface area contributed by atoms with Crippen molar-refractivity contribution in [1.29, 1.82) is 0 Å². The van der Waals surface area contributed by atoms with Gasteiger partial charge in [-0.15, -0.1) is 5.10 Å². The van der Waals surface area contributed by atoms with E-state index in [0.29, 0.717) is 22.3 Å². The number of thioether (sulfide) groups is 1. The lowest BCUT2D eigenvalue weighted by Gasteiger charge is -2.05. The number of hydrogen-bond donors (Lipinski definition) is 2. The Hall–Kier alpha value is -2.35. The maximum absolute atomic E-state index is 12.1. The number of pyridine rings is 1. The first-order chi connectivity index (χ1) is 9.63. The fraction of sp³-hybridized carbons (Fsp3) is 0.167. The Labute approximate surface area is 118 Å². The van der Waals surface area contributed by atoms with Gasteiger partial charge in [0.25, 0.3) is 5.56 Å². The summed E-state index contributed by atoms with van der Waals surface area (Å²) in [5.74, 6) is 0.784. The molecular weight excluding hydrogens is 276 g/mol. The van der Waals surface area contributed by atoms with E-state index in [4.69, 9.17) is 5.73 Å². The number of nitrogens with two attached hydrogens (primary N) is 1. The minimum atomic E-state index is -0.0850. The van der Waals surface area contributed by atoms with Gasteiger partial charge in [0.15, 0.2) is 0 Å². The molecule has 3 N–H and O–H groups in total. The Morgan fingerprint density at radius 1 is 1.40 bits per heavy atom. The molecule has 0 radical (unpaired) electrons. The second kappa shape index (κ2) is 4.97. The number of nitrogen functional groups attached to an aromatic ring is 1. The molecule has 0 saturated carbocycles. The van der Waals surface area contributed by atoms with E-state index < -0.39 is 0 Å². The van der Waals surface area contributed by atoms with Crippen LogP contribution in [0.2, 0.25) is 0 Å². The lowest BCUT2D eigenvalue weighted by atomic mass is 10.3. The van der Waals surface area contributed by atoms with Crippen molar-refractivity contribution in [3.05, 3.63) is 46.0 Å². The number of rotatable bonds is 3. The molecule has 7 nitrogen and oxygen atoms in total. The van der Waals surface area contributed by atoms with E-state index >= 15 is 0 Å². The molecule has 0 aliphatic carbocycles. The fourth-order valence-electron chi connectivity index (χ4n) is 1.90. The molecular formula is C12H12N6OS. The van der Waals surface area contributed by atoms with Crippen molar-refractivity contribution in [2.24, 2.45) is 0 Å². The summed E-state index contributed by atoms with van der Waals surface area (Å²) in [5, 5.41) is 7.02. The number of aryl methyl sites for hydroxylation is 1. The Balaban J connectivity index is 1.91. The molecule has 0 amide bonds. The predicted molar refractivity (Wildman–Crippen MR) is 76.6 cm³/mol. The molecule has 102 valence electrons. The predicted octanol–water partition coefficient (Wildman–Crippen LogP) is 0.996. The van der Waals surface area contributed by atoms with Gasteiger partial charge in [-0.25, -0.2) is 10.1 Å². The topological polar surface area (TPSA) is 102 Å². The molecule has 0 saturated heterocycles. The van der Waals surface area contributed by atoms with E-state index in [0.717, 1.165) is 5.69 Å². The van der Waals surface area contributed by atoms with Gasteiger partial charge in [-0.3, -0.25) is 9.20 Å². The largest absolute Gasteiger partial charge is 0.368 e. The molecule has 0 spiro atoms. The van der Waals surface area contributed by atoms with Crippen LogP contribution >= 0.6 is 11.8 Å². The lowest BCUT2D eigenvalue weighted by molar-refractivity contribution is 0.958. The summed E-state index contributed by atoms with van der Waals surface area (Å²) in [6.45, 7) is 1.88. The number of anilines is 1. The summed E-state index contributed by atoms with van der Waals surface area (Å²) in [4.78, 5) is 20.5. The van der Waals surface area contributed by atoms with Crippen molar-refractivity contribution >= 4 is 23.4 Å². The van der Waals surface area contributed by atoms with Crippen LogP contribution in [0.25, 0.3) is 5.65 Å². The SMILES string of the molecule is Cc1cccc2nc(CSc3n[nH]c(N)n3)cc(=O)n12. The van der Waals surface area contributed by atoms with Crippen LogP contribution in [0, 0.1) is 6.92 Å². The van der Waals surface area contributed by atoms with Gasteiger partial charge in [0.05, 0.1) is 5.69 Å². The molecule has 3 heterocycles. The summed E-state index contributed by atoms with van der Waals surface area (Å²) in [6, 6.07) is 7.10. The molecule has 0 bridgehead atoms. The van der Waals surface area contributed by atoms with Crippen LogP contribution in [0.3, 0.4) is 0 Å². The van der Waals surface area contributed by atoms with Crippen LogP contribution in [0.4, 0.5) is 5.95 Å². The summed E-state index contributed by atoms with van der Waals surface area (Å²) in [5.41, 5.74) is 7.56. The first kappa shape index (κ1) is 12.7. The van der Waals surface area contributed by atoms with E-state index in [1.54, 1.807) is 4.40 Å². The second-order valence-corrected chi connectivity index (χ2v) is 5.18. The van der Waals surface area contributed by atoms with E-state index in [1.807, 2.05) is 25.1 Å². The molecule has 20 heavy (non-hydrogen) atoms. The van der Waals surface area contributed by atoms with Crippen LogP contribution in [-0.4, -0.2) is 24.6 Å². The van der Waals surface area contributed by atoms with Crippen molar-refractivity contribution in [3.63, 3.8) is 0 Å². The van der Waals surface area contributed by atoms with Crippen molar-refractivity contribution in [2.75, 3.05) is 5.73 Å². The number of H-pyrrole nitrogens is 1. The number of hydrogen-bond acceptors (Lipinski definition) is 6. The van der Waals surface area contributed by atoms with Crippen LogP contribution in [0.1, 0.15) is 11.4 Å². The summed E-state index contributed by atoms with van der Waals surface area (Å²) >= 11 is 1.37. The Morgan fingerprint density at radius 2 is 2.25 bits per heavy atom. The van der Waals surface area contributed by atoms with Gasteiger partial charge in [0.1, 0.15) is 5.65 Å². The zero-order valence-electron chi connectivity index (χ0n) is 10.7. The minimum Gasteiger partial charge on any atom is -0.368 e. The number of nitrogens with zero attached hydrogens (tertiary/aromatic N) is 4. The molecule has 3 aromatic rings. The van der Waals surface area contributed by atoms with Crippen molar-refractivity contribution < 1.29 is 0 Å². The number of nitrogens with one attached hydrogen (secondary N) is 1. The van der Waals surface area contributed by atoms with Gasteiger partial charge in [-0.1, -0.05) is 17.8 Å². The summed E-state index contributed by atoms with van der Waals surface area (Å²) in [7, 11) is 0. The Kier molecular flexibility index (Phi) is 3.15. The molecule has 0 atom stereocenters. The standard InChI is InChI=1S/C12H12N6OS/c1-7-3-2-4-9-14-8(5-10(19)18(7)9)6-20-12-15-11(13)16-17-12/h2-5H,6H2,1H3,(H3,13,15,16,17). The first-order valence-corrected chi connectivity index (χ1v) is 6.91. The average molecular weight is 288 g/mol. The highest BCUT2D eigenvalue weighted by atomic mass is 32.2. The van der Waals surface area contributed by atoms with Gasteiger partial charge in [0.2, 0.25) is 11.1 Å². The second-order valence-electron chi connectivity index (χ2n) is 4.24. The smallest absolute Gasteiger partial charge is 0.258 e. The highest BCUT2D eigenvalue weighted by Crippen LogP contribution is 2.17. The van der Waals surface area contributed by atoms with Crippen molar-refractivity contribution in [1.82, 2.24) is 24.6 Å². The summed E-state index contributed by atoms with van der Waals surface area (Å²) in [6.07, 6.45) is 0. The third kappa shape index (κ3) is 2.37. The highest BCUT2D eigenvalue weighted by Gasteiger charge is 2.06. The molecule has 0 unspecified atom stereocenters. The van der Waals surface area contributed by atoms with Crippen LogP contribution in [0.15, 0.2) is 34.2 Å². The molecule has 3 rings (SSSR count). The first-order valence-electron chi connectivity index (χ1n) is 5.92. The lowest BCUT2D eigenvalue weighted by Crippen LogP contribution is -2.17. The zero-order valence-corrected chi connectivity index (χ0v) is 11.5. The molecule has 0 aliphatic heterocycles. The highest BCUT2D eigenvalue weighted by molar-refractivity contribution is 7.98. The molecule has 0 fully saturated rings. The number of fused-ring (bicyclic) bond motifs is 1. The molecule has 0 aliphatic rings. The average Bonchev–Trinajstić information content (AvgIpc) is 2.82. The molecule has 0 aromatic carbocycles. The molecule has 3 aromatic heterocycles.